The Morgan fingerprint density at radius 2 is 2.35 bits per heavy atom. The topological polar surface area (TPSA) is 51.2 Å². The molecule has 0 saturated carbocycles. The van der Waals surface area contributed by atoms with E-state index in [2.05, 4.69) is 33.2 Å². The van der Waals surface area contributed by atoms with E-state index in [1.807, 2.05) is 0 Å². The molecule has 0 bridgehead atoms. The third kappa shape index (κ3) is 5.28. The number of carbonyl (C=O) groups excluding carboxylic acids is 1. The summed E-state index contributed by atoms with van der Waals surface area (Å²) in [5.74, 6) is -0.152. The van der Waals surface area contributed by atoms with Crippen LogP contribution in [0.15, 0.2) is 22.9 Å². The summed E-state index contributed by atoms with van der Waals surface area (Å²) in [6.07, 6.45) is 4.85. The van der Waals surface area contributed by atoms with Gasteiger partial charge in [-0.25, -0.2) is 0 Å². The number of rotatable bonds is 6. The van der Waals surface area contributed by atoms with Crippen LogP contribution in [0.3, 0.4) is 0 Å². The molecule has 1 unspecified atom stereocenters. The predicted molar refractivity (Wildman–Crippen MR) is 70.9 cm³/mol. The minimum Gasteiger partial charge on any atom is -0.369 e. The maximum atomic E-state index is 11.7. The van der Waals surface area contributed by atoms with Crippen molar-refractivity contribution in [1.29, 1.82) is 0 Å². The summed E-state index contributed by atoms with van der Waals surface area (Å²) in [7, 11) is 0. The molecule has 0 saturated heterocycles. The Morgan fingerprint density at radius 3 is 3.00 bits per heavy atom. The van der Waals surface area contributed by atoms with E-state index in [-0.39, 0.29) is 5.91 Å². The Bertz CT molecular complexity index is 371. The largest absolute Gasteiger partial charge is 0.369 e. The molecule has 94 valence electrons. The van der Waals surface area contributed by atoms with Crippen molar-refractivity contribution in [2.24, 2.45) is 0 Å². The molecule has 0 aliphatic rings. The molecule has 0 radical (unpaired) electrons. The number of ether oxygens (including phenoxy) is 1. The van der Waals surface area contributed by atoms with Gasteiger partial charge in [0.15, 0.2) is 0 Å². The van der Waals surface area contributed by atoms with Gasteiger partial charge in [0.05, 0.1) is 11.9 Å². The highest BCUT2D eigenvalue weighted by atomic mass is 79.9. The number of amides is 1. The Kier molecular flexibility index (Phi) is 6.15. The minimum absolute atomic E-state index is 0.152. The van der Waals surface area contributed by atoms with Crippen LogP contribution in [0.5, 0.6) is 0 Å². The fourth-order valence-corrected chi connectivity index (χ4v) is 1.57. The molecule has 1 atom stereocenters. The summed E-state index contributed by atoms with van der Waals surface area (Å²) < 4.78 is 6.23. The van der Waals surface area contributed by atoms with E-state index in [9.17, 15) is 4.79 Å². The molecule has 0 fully saturated rings. The molecule has 4 nitrogen and oxygen atoms in total. The normalized spacial score (nSPS) is 12.2. The number of unbranched alkanes of at least 4 members (excludes halogenated alkanes) is 1. The van der Waals surface area contributed by atoms with E-state index in [0.717, 1.165) is 17.3 Å². The molecular weight excluding hydrogens is 284 g/mol. The number of hydrogen-bond acceptors (Lipinski definition) is 3. The van der Waals surface area contributed by atoms with E-state index in [0.29, 0.717) is 12.3 Å². The van der Waals surface area contributed by atoms with Crippen LogP contribution >= 0.6 is 15.9 Å². The highest BCUT2D eigenvalue weighted by molar-refractivity contribution is 9.10. The van der Waals surface area contributed by atoms with Gasteiger partial charge in [-0.15, -0.1) is 0 Å². The zero-order valence-corrected chi connectivity index (χ0v) is 11.7. The quantitative estimate of drug-likeness (QED) is 0.822. The second-order valence-electron chi connectivity index (χ2n) is 3.75. The lowest BCUT2D eigenvalue weighted by molar-refractivity contribution is -0.126. The first-order chi connectivity index (χ1) is 8.13. The Hall–Kier alpha value is -0.940. The lowest BCUT2D eigenvalue weighted by Gasteiger charge is -2.12. The number of aromatic nitrogens is 1. The Labute approximate surface area is 110 Å². The maximum absolute atomic E-state index is 11.7. The summed E-state index contributed by atoms with van der Waals surface area (Å²) in [4.78, 5) is 15.7. The minimum atomic E-state index is -0.444. The first-order valence-electron chi connectivity index (χ1n) is 5.66. The molecule has 17 heavy (non-hydrogen) atoms. The fourth-order valence-electron chi connectivity index (χ4n) is 1.20. The van der Waals surface area contributed by atoms with Crippen molar-refractivity contribution < 1.29 is 9.53 Å². The molecule has 0 aliphatic carbocycles. The van der Waals surface area contributed by atoms with E-state index >= 15 is 0 Å². The number of nitrogens with one attached hydrogen (secondary N) is 1. The molecule has 1 rings (SSSR count). The highest BCUT2D eigenvalue weighted by Gasteiger charge is 2.13. The zero-order valence-electron chi connectivity index (χ0n) is 10.1. The lowest BCUT2D eigenvalue weighted by Crippen LogP contribution is -2.28. The molecule has 0 aliphatic heterocycles. The molecule has 0 aromatic carbocycles. The zero-order chi connectivity index (χ0) is 12.7. The molecule has 1 aromatic heterocycles. The van der Waals surface area contributed by atoms with Crippen molar-refractivity contribution in [3.8, 4) is 0 Å². The third-order valence-electron chi connectivity index (χ3n) is 2.21. The summed E-state index contributed by atoms with van der Waals surface area (Å²) in [5, 5.41) is 2.75. The molecule has 1 amide bonds. The van der Waals surface area contributed by atoms with Gasteiger partial charge in [-0.1, -0.05) is 13.3 Å². The SMILES string of the molecule is CCCCOC(C)C(=O)Nc1cncc(Br)c1. The van der Waals surface area contributed by atoms with Crippen LogP contribution < -0.4 is 5.32 Å². The maximum Gasteiger partial charge on any atom is 0.253 e. The van der Waals surface area contributed by atoms with Gasteiger partial charge in [0.1, 0.15) is 6.10 Å². The van der Waals surface area contributed by atoms with Gasteiger partial charge in [0, 0.05) is 17.3 Å². The summed E-state index contributed by atoms with van der Waals surface area (Å²) in [6.45, 7) is 4.44. The summed E-state index contributed by atoms with van der Waals surface area (Å²) in [5.41, 5.74) is 0.662. The van der Waals surface area contributed by atoms with Gasteiger partial charge in [0.25, 0.3) is 5.91 Å². The number of carbonyl (C=O) groups is 1. The second-order valence-corrected chi connectivity index (χ2v) is 4.66. The van der Waals surface area contributed by atoms with Crippen LogP contribution in [0.25, 0.3) is 0 Å². The Morgan fingerprint density at radius 1 is 1.59 bits per heavy atom. The predicted octanol–water partition coefficient (Wildman–Crippen LogP) is 2.99. The molecule has 5 heteroatoms. The number of pyridine rings is 1. The average molecular weight is 301 g/mol. The summed E-state index contributed by atoms with van der Waals surface area (Å²) in [6, 6.07) is 1.80. The van der Waals surface area contributed by atoms with Crippen molar-refractivity contribution in [3.05, 3.63) is 22.9 Å². The smallest absolute Gasteiger partial charge is 0.253 e. The molecule has 1 aromatic rings. The van der Waals surface area contributed by atoms with Crippen LogP contribution in [0, 0.1) is 0 Å². The standard InChI is InChI=1S/C12H17BrN2O2/c1-3-4-5-17-9(2)12(16)15-11-6-10(13)7-14-8-11/h6-9H,3-5H2,1-2H3,(H,15,16). The van der Waals surface area contributed by atoms with Gasteiger partial charge < -0.3 is 10.1 Å². The van der Waals surface area contributed by atoms with Crippen LogP contribution in [0.2, 0.25) is 0 Å². The lowest BCUT2D eigenvalue weighted by atomic mass is 10.3. The summed E-state index contributed by atoms with van der Waals surface area (Å²) >= 11 is 3.30. The Balaban J connectivity index is 2.43. The van der Waals surface area contributed by atoms with Crippen LogP contribution in [-0.2, 0) is 9.53 Å². The number of nitrogens with zero attached hydrogens (tertiary/aromatic N) is 1. The molecule has 1 heterocycles. The first-order valence-corrected chi connectivity index (χ1v) is 6.45. The van der Waals surface area contributed by atoms with Crippen molar-refractivity contribution in [2.45, 2.75) is 32.8 Å². The van der Waals surface area contributed by atoms with Gasteiger partial charge in [0.2, 0.25) is 0 Å². The first kappa shape index (κ1) is 14.1. The van der Waals surface area contributed by atoms with Crippen molar-refractivity contribution in [2.75, 3.05) is 11.9 Å². The van der Waals surface area contributed by atoms with Crippen LogP contribution in [-0.4, -0.2) is 23.6 Å². The van der Waals surface area contributed by atoms with Crippen molar-refractivity contribution in [1.82, 2.24) is 4.98 Å². The number of anilines is 1. The third-order valence-corrected chi connectivity index (χ3v) is 2.64. The van der Waals surface area contributed by atoms with E-state index in [1.54, 1.807) is 25.4 Å². The van der Waals surface area contributed by atoms with Crippen LogP contribution in [0.1, 0.15) is 26.7 Å². The van der Waals surface area contributed by atoms with Gasteiger partial charge >= 0.3 is 0 Å². The van der Waals surface area contributed by atoms with Crippen molar-refractivity contribution >= 4 is 27.5 Å². The highest BCUT2D eigenvalue weighted by Crippen LogP contribution is 2.14. The van der Waals surface area contributed by atoms with E-state index < -0.39 is 6.10 Å². The van der Waals surface area contributed by atoms with Crippen LogP contribution in [0.4, 0.5) is 5.69 Å². The second kappa shape index (κ2) is 7.40. The fraction of sp³-hybridized carbons (Fsp3) is 0.500. The molecule has 1 N–H and O–H groups in total. The van der Waals surface area contributed by atoms with E-state index in [1.165, 1.54) is 0 Å². The van der Waals surface area contributed by atoms with E-state index in [4.69, 9.17) is 4.74 Å². The monoisotopic (exact) mass is 300 g/mol. The van der Waals surface area contributed by atoms with Gasteiger partial charge in [-0.05, 0) is 35.3 Å². The molecular formula is C12H17BrN2O2. The van der Waals surface area contributed by atoms with Gasteiger partial charge in [-0.2, -0.15) is 0 Å². The average Bonchev–Trinajstić information content (AvgIpc) is 2.29. The number of halogens is 1. The molecule has 0 spiro atoms. The number of hydrogen-bond donors (Lipinski definition) is 1. The van der Waals surface area contributed by atoms with Gasteiger partial charge in [-0.3, -0.25) is 9.78 Å². The van der Waals surface area contributed by atoms with Crippen molar-refractivity contribution in [3.63, 3.8) is 0 Å².